The molecule has 0 rings (SSSR count). The first-order chi connectivity index (χ1) is 6.58. The van der Waals surface area contributed by atoms with Gasteiger partial charge in [-0.2, -0.15) is 0 Å². The van der Waals surface area contributed by atoms with Gasteiger partial charge in [0.2, 0.25) is 5.91 Å². The van der Waals surface area contributed by atoms with Crippen LogP contribution >= 0.6 is 0 Å². The number of nitrogens with one attached hydrogen (secondary N) is 4. The largest absolute Gasteiger partial charge is 0.395 e. The quantitative estimate of drug-likeness (QED) is 0.219. The molecule has 0 aliphatic heterocycles. The van der Waals surface area contributed by atoms with Gasteiger partial charge in [0.25, 0.3) is 0 Å². The summed E-state index contributed by atoms with van der Waals surface area (Å²) in [5, 5.41) is 10.5. The van der Waals surface area contributed by atoms with Crippen molar-refractivity contribution in [1.82, 2.24) is 21.6 Å². The molecule has 0 heterocycles. The number of rotatable bonds is 2. The lowest BCUT2D eigenvalue weighted by Gasteiger charge is -2.04. The third-order valence-electron chi connectivity index (χ3n) is 0.749. The first-order valence-electron chi connectivity index (χ1n) is 3.87. The van der Waals surface area contributed by atoms with E-state index in [-0.39, 0.29) is 19.1 Å². The molecule has 0 fully saturated rings. The smallest absolute Gasteiger partial charge is 0.333 e. The number of nitrogens with two attached hydrogens (primary N) is 1. The van der Waals surface area contributed by atoms with Crippen LogP contribution in [0, 0.1) is 0 Å². The van der Waals surface area contributed by atoms with Gasteiger partial charge in [0, 0.05) is 13.5 Å². The summed E-state index contributed by atoms with van der Waals surface area (Å²) >= 11 is 0. The summed E-state index contributed by atoms with van der Waals surface area (Å²) < 4.78 is 0. The molecule has 8 nitrogen and oxygen atoms in total. The fourth-order valence-electron chi connectivity index (χ4n) is 0.358. The van der Waals surface area contributed by atoms with E-state index in [0.717, 1.165) is 0 Å². The summed E-state index contributed by atoms with van der Waals surface area (Å²) in [5.41, 5.74) is 6.38. The lowest BCUT2D eigenvalue weighted by Crippen LogP contribution is -2.46. The highest BCUT2D eigenvalue weighted by Gasteiger charge is 1.96. The van der Waals surface area contributed by atoms with Gasteiger partial charge in [-0.15, -0.1) is 0 Å². The summed E-state index contributed by atoms with van der Waals surface area (Å²) in [6, 6.07) is -0.547. The SMILES string of the molecule is CC(=O)NNC(=O)NCCO.CNN. The van der Waals surface area contributed by atoms with Crippen LogP contribution in [0.5, 0.6) is 0 Å². The Morgan fingerprint density at radius 3 is 2.21 bits per heavy atom. The van der Waals surface area contributed by atoms with Crippen LogP contribution in [-0.4, -0.2) is 37.2 Å². The van der Waals surface area contributed by atoms with E-state index in [1.807, 2.05) is 0 Å². The number of amides is 3. The highest BCUT2D eigenvalue weighted by Crippen LogP contribution is 1.61. The van der Waals surface area contributed by atoms with Crippen molar-refractivity contribution >= 4 is 11.9 Å². The van der Waals surface area contributed by atoms with Crippen LogP contribution in [0.15, 0.2) is 0 Å². The number of aliphatic hydroxyl groups is 1. The molecular weight excluding hydrogens is 190 g/mol. The van der Waals surface area contributed by atoms with Gasteiger partial charge in [-0.05, 0) is 7.05 Å². The molecule has 14 heavy (non-hydrogen) atoms. The summed E-state index contributed by atoms with van der Waals surface area (Å²) in [7, 11) is 1.65. The number of hydrogen-bond acceptors (Lipinski definition) is 5. The number of urea groups is 1. The number of hydrazine groups is 2. The minimum absolute atomic E-state index is 0.131. The molecule has 7 N–H and O–H groups in total. The minimum Gasteiger partial charge on any atom is -0.395 e. The zero-order valence-corrected chi connectivity index (χ0v) is 8.26. The Hall–Kier alpha value is -1.38. The number of carbonyl (C=O) groups is 2. The van der Waals surface area contributed by atoms with Crippen molar-refractivity contribution in [2.45, 2.75) is 6.92 Å². The van der Waals surface area contributed by atoms with Crippen molar-refractivity contribution in [3.05, 3.63) is 0 Å². The predicted molar refractivity (Wildman–Crippen MR) is 50.7 cm³/mol. The summed E-state index contributed by atoms with van der Waals surface area (Å²) in [6.45, 7) is 1.30. The fraction of sp³-hybridized carbons (Fsp3) is 0.667. The van der Waals surface area contributed by atoms with Gasteiger partial charge in [-0.25, -0.2) is 10.2 Å². The second kappa shape index (κ2) is 11.6. The van der Waals surface area contributed by atoms with E-state index in [4.69, 9.17) is 5.11 Å². The second-order valence-corrected chi connectivity index (χ2v) is 2.07. The number of aliphatic hydroxyl groups excluding tert-OH is 1. The molecule has 0 saturated carbocycles. The molecule has 0 aliphatic carbocycles. The van der Waals surface area contributed by atoms with Crippen molar-refractivity contribution in [3.8, 4) is 0 Å². The maximum absolute atomic E-state index is 10.6. The van der Waals surface area contributed by atoms with Crippen LogP contribution in [0.25, 0.3) is 0 Å². The Labute approximate surface area is 82.2 Å². The third-order valence-corrected chi connectivity index (χ3v) is 0.749. The second-order valence-electron chi connectivity index (χ2n) is 2.07. The van der Waals surface area contributed by atoms with Crippen molar-refractivity contribution in [1.29, 1.82) is 0 Å². The lowest BCUT2D eigenvalue weighted by atomic mass is 10.7. The van der Waals surface area contributed by atoms with Crippen LogP contribution in [-0.2, 0) is 4.79 Å². The molecule has 3 amide bonds. The average Bonchev–Trinajstić information content (AvgIpc) is 2.12. The molecule has 0 bridgehead atoms. The van der Waals surface area contributed by atoms with Gasteiger partial charge < -0.3 is 10.4 Å². The van der Waals surface area contributed by atoms with Gasteiger partial charge >= 0.3 is 6.03 Å². The van der Waals surface area contributed by atoms with Gasteiger partial charge in [-0.3, -0.25) is 21.5 Å². The molecular formula is C6H17N5O3. The normalized spacial score (nSPS) is 8.00. The van der Waals surface area contributed by atoms with E-state index >= 15 is 0 Å². The van der Waals surface area contributed by atoms with Crippen molar-refractivity contribution < 1.29 is 14.7 Å². The van der Waals surface area contributed by atoms with E-state index in [0.29, 0.717) is 0 Å². The van der Waals surface area contributed by atoms with Crippen LogP contribution in [0.1, 0.15) is 6.92 Å². The van der Waals surface area contributed by atoms with Gasteiger partial charge in [0.15, 0.2) is 0 Å². The van der Waals surface area contributed by atoms with E-state index < -0.39 is 6.03 Å². The van der Waals surface area contributed by atoms with E-state index in [1.54, 1.807) is 7.05 Å². The number of hydrogen-bond donors (Lipinski definition) is 6. The Kier molecular flexibility index (Phi) is 12.5. The first kappa shape index (κ1) is 15.1. The molecule has 0 aromatic rings. The number of carbonyl (C=O) groups excluding carboxylic acids is 2. The maximum Gasteiger partial charge on any atom is 0.333 e. The molecule has 0 radical (unpaired) electrons. The van der Waals surface area contributed by atoms with Gasteiger partial charge in [0.1, 0.15) is 0 Å². The molecule has 0 atom stereocenters. The molecule has 8 heteroatoms. The van der Waals surface area contributed by atoms with Crippen LogP contribution in [0.4, 0.5) is 4.79 Å². The summed E-state index contributed by atoms with van der Waals surface area (Å²) in [6.07, 6.45) is 0. The molecule has 84 valence electrons. The fourth-order valence-corrected chi connectivity index (χ4v) is 0.358. The Balaban J connectivity index is 0. The average molecular weight is 207 g/mol. The van der Waals surface area contributed by atoms with Crippen LogP contribution in [0.2, 0.25) is 0 Å². The Morgan fingerprint density at radius 1 is 1.36 bits per heavy atom. The topological polar surface area (TPSA) is 129 Å². The highest BCUT2D eigenvalue weighted by atomic mass is 16.3. The zero-order valence-electron chi connectivity index (χ0n) is 8.26. The van der Waals surface area contributed by atoms with E-state index in [1.165, 1.54) is 6.92 Å². The molecule has 0 unspecified atom stereocenters. The molecule has 0 spiro atoms. The minimum atomic E-state index is -0.547. The Morgan fingerprint density at radius 2 is 1.86 bits per heavy atom. The van der Waals surface area contributed by atoms with Crippen molar-refractivity contribution in [2.24, 2.45) is 5.84 Å². The zero-order chi connectivity index (χ0) is 11.4. The standard InChI is InChI=1S/C5H11N3O3.CH6N2/c1-4(10)7-8-5(11)6-2-3-9;1-3-2/h9H,2-3H2,1H3,(H,7,10)(H2,6,8,11);3H,2H2,1H3. The molecule has 0 aliphatic rings. The predicted octanol–water partition coefficient (Wildman–Crippen LogP) is -2.59. The van der Waals surface area contributed by atoms with Gasteiger partial charge in [0.05, 0.1) is 6.61 Å². The monoisotopic (exact) mass is 207 g/mol. The highest BCUT2D eigenvalue weighted by molar-refractivity contribution is 5.79. The summed E-state index contributed by atoms with van der Waals surface area (Å²) in [5.74, 6) is 4.24. The van der Waals surface area contributed by atoms with Crippen LogP contribution in [0.3, 0.4) is 0 Å². The summed E-state index contributed by atoms with van der Waals surface area (Å²) in [4.78, 5) is 20.8. The van der Waals surface area contributed by atoms with Crippen molar-refractivity contribution in [3.63, 3.8) is 0 Å². The van der Waals surface area contributed by atoms with E-state index in [9.17, 15) is 9.59 Å². The van der Waals surface area contributed by atoms with Crippen LogP contribution < -0.4 is 27.4 Å². The van der Waals surface area contributed by atoms with E-state index in [2.05, 4.69) is 27.4 Å². The molecule has 0 aromatic heterocycles. The third kappa shape index (κ3) is 16.9. The Bertz CT molecular complexity index is 164. The molecule has 0 saturated heterocycles. The maximum atomic E-state index is 10.6. The van der Waals surface area contributed by atoms with Crippen molar-refractivity contribution in [2.75, 3.05) is 20.2 Å². The lowest BCUT2D eigenvalue weighted by molar-refractivity contribution is -0.119. The first-order valence-corrected chi connectivity index (χ1v) is 3.87. The molecule has 0 aromatic carbocycles. The van der Waals surface area contributed by atoms with Gasteiger partial charge in [-0.1, -0.05) is 0 Å².